The second-order valence-corrected chi connectivity index (χ2v) is 6.71. The summed E-state index contributed by atoms with van der Waals surface area (Å²) in [4.78, 5) is 22.5. The Balaban J connectivity index is 2.01. The molecule has 2 N–H and O–H groups in total. The van der Waals surface area contributed by atoms with E-state index in [0.717, 1.165) is 32.1 Å². The zero-order valence-electron chi connectivity index (χ0n) is 11.3. The van der Waals surface area contributed by atoms with Crippen molar-refractivity contribution >= 4 is 21.9 Å². The normalized spacial score (nSPS) is 19.9. The first kappa shape index (κ1) is 17.1. The highest BCUT2D eigenvalue weighted by Gasteiger charge is 2.37. The molecule has 1 rings (SSSR count). The van der Waals surface area contributed by atoms with Crippen molar-refractivity contribution < 1.29 is 27.8 Å². The minimum Gasteiger partial charge on any atom is -0.286 e. The molecular formula is C12H21NO6S. The Labute approximate surface area is 118 Å². The second-order valence-electron chi connectivity index (χ2n) is 5.14. The molecule has 8 heteroatoms. The van der Waals surface area contributed by atoms with Gasteiger partial charge in [-0.15, -0.1) is 0 Å². The van der Waals surface area contributed by atoms with Crippen LogP contribution in [0.2, 0.25) is 0 Å². The molecule has 0 aromatic carbocycles. The van der Waals surface area contributed by atoms with Crippen molar-refractivity contribution in [2.75, 3.05) is 5.75 Å². The average molecular weight is 307 g/mol. The van der Waals surface area contributed by atoms with Gasteiger partial charge >= 0.3 is 0 Å². The molecule has 0 spiro atoms. The predicted octanol–water partition coefficient (Wildman–Crippen LogP) is 1.37. The number of hydroxylamine groups is 2. The summed E-state index contributed by atoms with van der Waals surface area (Å²) in [6.45, 7) is 0. The van der Waals surface area contributed by atoms with E-state index in [1.165, 1.54) is 0 Å². The maximum atomic E-state index is 11.4. The standard InChI is InChI=1S/C12H21NO6S/c14-11-9-10(12(15)13(11)16)7-5-3-1-2-4-6-8-20(17,18)19/h10,16H,1-9H2,(H,17,18,19). The minimum atomic E-state index is -3.85. The van der Waals surface area contributed by atoms with Crippen LogP contribution in [0.3, 0.4) is 0 Å². The number of hydrogen-bond donors (Lipinski definition) is 2. The summed E-state index contributed by atoms with van der Waals surface area (Å²) in [6.07, 6.45) is 5.36. The van der Waals surface area contributed by atoms with Crippen LogP contribution in [0.25, 0.3) is 0 Å². The van der Waals surface area contributed by atoms with E-state index < -0.39 is 27.9 Å². The second kappa shape index (κ2) is 7.70. The lowest BCUT2D eigenvalue weighted by atomic mass is 9.99. The van der Waals surface area contributed by atoms with E-state index in [4.69, 9.17) is 9.76 Å². The first-order valence-electron chi connectivity index (χ1n) is 6.82. The lowest BCUT2D eigenvalue weighted by Gasteiger charge is -2.07. The SMILES string of the molecule is O=C1CC(CCCCCCCCS(=O)(=O)O)C(=O)N1O. The summed E-state index contributed by atoms with van der Waals surface area (Å²) >= 11 is 0. The van der Waals surface area contributed by atoms with E-state index in [2.05, 4.69) is 0 Å². The lowest BCUT2D eigenvalue weighted by molar-refractivity contribution is -0.172. The van der Waals surface area contributed by atoms with Gasteiger partial charge in [-0.3, -0.25) is 19.3 Å². The monoisotopic (exact) mass is 307 g/mol. The molecule has 0 radical (unpaired) electrons. The van der Waals surface area contributed by atoms with E-state index >= 15 is 0 Å². The third kappa shape index (κ3) is 5.98. The molecule has 1 heterocycles. The van der Waals surface area contributed by atoms with Crippen molar-refractivity contribution in [2.45, 2.75) is 51.4 Å². The molecule has 0 aromatic heterocycles. The number of rotatable bonds is 9. The van der Waals surface area contributed by atoms with Crippen LogP contribution >= 0.6 is 0 Å². The van der Waals surface area contributed by atoms with Gasteiger partial charge in [-0.2, -0.15) is 13.5 Å². The fraction of sp³-hybridized carbons (Fsp3) is 0.833. The molecule has 1 aliphatic heterocycles. The van der Waals surface area contributed by atoms with Crippen molar-refractivity contribution in [3.05, 3.63) is 0 Å². The van der Waals surface area contributed by atoms with Crippen LogP contribution in [0.4, 0.5) is 0 Å². The lowest BCUT2D eigenvalue weighted by Crippen LogP contribution is -2.26. The van der Waals surface area contributed by atoms with Gasteiger partial charge in [0.15, 0.2) is 0 Å². The molecule has 0 saturated carbocycles. The van der Waals surface area contributed by atoms with Gasteiger partial charge in [-0.05, 0) is 12.8 Å². The highest BCUT2D eigenvalue weighted by molar-refractivity contribution is 7.85. The van der Waals surface area contributed by atoms with Crippen molar-refractivity contribution in [1.82, 2.24) is 5.06 Å². The van der Waals surface area contributed by atoms with Crippen molar-refractivity contribution in [3.63, 3.8) is 0 Å². The molecule has 20 heavy (non-hydrogen) atoms. The minimum absolute atomic E-state index is 0.0870. The Morgan fingerprint density at radius 1 is 1.05 bits per heavy atom. The summed E-state index contributed by atoms with van der Waals surface area (Å²) in [5.41, 5.74) is 0. The number of hydrogen-bond acceptors (Lipinski definition) is 5. The van der Waals surface area contributed by atoms with Crippen LogP contribution in [-0.2, 0) is 19.7 Å². The number of imide groups is 1. The number of carbonyl (C=O) groups is 2. The van der Waals surface area contributed by atoms with Crippen molar-refractivity contribution in [3.8, 4) is 0 Å². The third-order valence-corrected chi connectivity index (χ3v) is 4.22. The van der Waals surface area contributed by atoms with E-state index in [9.17, 15) is 18.0 Å². The van der Waals surface area contributed by atoms with E-state index in [-0.39, 0.29) is 17.2 Å². The molecule has 1 unspecified atom stereocenters. The molecule has 116 valence electrons. The van der Waals surface area contributed by atoms with Gasteiger partial charge in [-0.25, -0.2) is 0 Å². The highest BCUT2D eigenvalue weighted by Crippen LogP contribution is 2.23. The summed E-state index contributed by atoms with van der Waals surface area (Å²) in [5, 5.41) is 9.28. The molecular weight excluding hydrogens is 286 g/mol. The van der Waals surface area contributed by atoms with Crippen LogP contribution in [0.15, 0.2) is 0 Å². The molecule has 1 fully saturated rings. The Morgan fingerprint density at radius 3 is 2.10 bits per heavy atom. The Bertz CT molecular complexity index is 447. The number of unbranched alkanes of at least 4 members (excludes halogenated alkanes) is 5. The molecule has 1 saturated heterocycles. The summed E-state index contributed by atoms with van der Waals surface area (Å²) in [6, 6.07) is 0. The van der Waals surface area contributed by atoms with Crippen molar-refractivity contribution in [2.24, 2.45) is 5.92 Å². The summed E-state index contributed by atoms with van der Waals surface area (Å²) in [5.74, 6) is -1.64. The van der Waals surface area contributed by atoms with Crippen LogP contribution in [0.5, 0.6) is 0 Å². The quantitative estimate of drug-likeness (QED) is 0.288. The Kier molecular flexibility index (Phi) is 6.57. The molecule has 0 bridgehead atoms. The van der Waals surface area contributed by atoms with Gasteiger partial charge in [-0.1, -0.05) is 32.1 Å². The Morgan fingerprint density at radius 2 is 1.60 bits per heavy atom. The van der Waals surface area contributed by atoms with Crippen LogP contribution in [0, 0.1) is 5.92 Å². The highest BCUT2D eigenvalue weighted by atomic mass is 32.2. The Hall–Kier alpha value is -0.990. The first-order chi connectivity index (χ1) is 9.31. The van der Waals surface area contributed by atoms with Gasteiger partial charge < -0.3 is 0 Å². The van der Waals surface area contributed by atoms with Gasteiger partial charge in [0.1, 0.15) is 0 Å². The first-order valence-corrected chi connectivity index (χ1v) is 8.43. The van der Waals surface area contributed by atoms with Crippen LogP contribution in [-0.4, -0.2) is 40.8 Å². The molecule has 7 nitrogen and oxygen atoms in total. The topological polar surface area (TPSA) is 112 Å². The van der Waals surface area contributed by atoms with E-state index in [1.807, 2.05) is 0 Å². The fourth-order valence-corrected chi connectivity index (χ4v) is 2.86. The molecule has 1 atom stereocenters. The summed E-state index contributed by atoms with van der Waals surface area (Å²) < 4.78 is 29.5. The van der Waals surface area contributed by atoms with Crippen LogP contribution < -0.4 is 0 Å². The zero-order valence-corrected chi connectivity index (χ0v) is 12.1. The zero-order chi connectivity index (χ0) is 15.2. The largest absolute Gasteiger partial charge is 0.286 e. The van der Waals surface area contributed by atoms with E-state index in [0.29, 0.717) is 12.8 Å². The number of nitrogens with zero attached hydrogens (tertiary/aromatic N) is 1. The summed E-state index contributed by atoms with van der Waals surface area (Å²) in [7, 11) is -3.85. The van der Waals surface area contributed by atoms with Gasteiger partial charge in [0.25, 0.3) is 21.9 Å². The molecule has 2 amide bonds. The van der Waals surface area contributed by atoms with Crippen LogP contribution in [0.1, 0.15) is 51.4 Å². The maximum Gasteiger partial charge on any atom is 0.264 e. The number of carbonyl (C=O) groups excluding carboxylic acids is 2. The van der Waals surface area contributed by atoms with Gasteiger partial charge in [0.2, 0.25) is 0 Å². The predicted molar refractivity (Wildman–Crippen MR) is 70.5 cm³/mol. The fourth-order valence-electron chi connectivity index (χ4n) is 2.29. The van der Waals surface area contributed by atoms with Gasteiger partial charge in [0.05, 0.1) is 5.75 Å². The molecule has 0 aromatic rings. The maximum absolute atomic E-state index is 11.4. The average Bonchev–Trinajstić information content (AvgIpc) is 2.59. The van der Waals surface area contributed by atoms with E-state index in [1.54, 1.807) is 0 Å². The molecule has 1 aliphatic rings. The van der Waals surface area contributed by atoms with Gasteiger partial charge in [0, 0.05) is 12.3 Å². The number of amides is 2. The third-order valence-electron chi connectivity index (χ3n) is 3.42. The molecule has 0 aliphatic carbocycles. The smallest absolute Gasteiger partial charge is 0.264 e. The van der Waals surface area contributed by atoms with Crippen molar-refractivity contribution in [1.29, 1.82) is 0 Å².